The Hall–Kier alpha value is -1.06. The monoisotopic (exact) mass is 322 g/mol. The van der Waals surface area contributed by atoms with E-state index in [-0.39, 0.29) is 5.91 Å². The number of carbonyl (C=O) groups is 1. The van der Waals surface area contributed by atoms with Crippen LogP contribution in [0.2, 0.25) is 5.02 Å². The van der Waals surface area contributed by atoms with Crippen molar-refractivity contribution in [1.29, 1.82) is 0 Å². The summed E-state index contributed by atoms with van der Waals surface area (Å²) < 4.78 is 0. The average Bonchev–Trinajstić information content (AvgIpc) is 2.46. The molecule has 22 heavy (non-hydrogen) atoms. The van der Waals surface area contributed by atoms with Crippen LogP contribution >= 0.6 is 11.6 Å². The van der Waals surface area contributed by atoms with Crippen LogP contribution in [0.4, 0.5) is 0 Å². The fourth-order valence-corrected chi connectivity index (χ4v) is 3.58. The molecule has 1 aliphatic rings. The van der Waals surface area contributed by atoms with Gasteiger partial charge in [0.25, 0.3) is 0 Å². The van der Waals surface area contributed by atoms with Crippen LogP contribution in [0.3, 0.4) is 0 Å². The second-order valence-corrected chi connectivity index (χ2v) is 7.44. The summed E-state index contributed by atoms with van der Waals surface area (Å²) in [7, 11) is 1.98. The largest absolute Gasteiger partial charge is 0.342 e. The van der Waals surface area contributed by atoms with Gasteiger partial charge in [0.15, 0.2) is 0 Å². The van der Waals surface area contributed by atoms with E-state index in [1.807, 2.05) is 45.2 Å². The first kappa shape index (κ1) is 17.3. The first-order valence-electron chi connectivity index (χ1n) is 8.11. The lowest BCUT2D eigenvalue weighted by Gasteiger charge is -2.37. The van der Waals surface area contributed by atoms with Crippen LogP contribution in [-0.4, -0.2) is 37.5 Å². The Bertz CT molecular complexity index is 514. The maximum atomic E-state index is 12.9. The highest BCUT2D eigenvalue weighted by atomic mass is 35.5. The molecule has 3 nitrogen and oxygen atoms in total. The first-order chi connectivity index (χ1) is 10.4. The minimum absolute atomic E-state index is 0.258. The van der Waals surface area contributed by atoms with E-state index in [2.05, 4.69) is 10.2 Å². The smallest absolute Gasteiger partial charge is 0.228 e. The molecule has 1 saturated heterocycles. The third-order valence-electron chi connectivity index (χ3n) is 4.41. The van der Waals surface area contributed by atoms with Crippen molar-refractivity contribution in [3.8, 4) is 0 Å². The normalized spacial score (nSPS) is 19.3. The Balaban J connectivity index is 2.03. The SMILES string of the molecule is CNCC1CCCN(C(=O)C(C)(C)Cc2cccc(Cl)c2)C1. The molecule has 0 spiro atoms. The maximum absolute atomic E-state index is 12.9. The third kappa shape index (κ3) is 4.47. The van der Waals surface area contributed by atoms with Crippen LogP contribution in [-0.2, 0) is 11.2 Å². The molecule has 0 aromatic heterocycles. The summed E-state index contributed by atoms with van der Waals surface area (Å²) in [5.41, 5.74) is 0.723. The number of piperidine rings is 1. The minimum atomic E-state index is -0.397. The molecule has 1 amide bonds. The first-order valence-corrected chi connectivity index (χ1v) is 8.48. The number of rotatable bonds is 5. The predicted octanol–water partition coefficient (Wildman–Crippen LogP) is 3.37. The van der Waals surface area contributed by atoms with E-state index < -0.39 is 5.41 Å². The third-order valence-corrected chi connectivity index (χ3v) is 4.65. The van der Waals surface area contributed by atoms with Crippen molar-refractivity contribution in [2.45, 2.75) is 33.1 Å². The molecular weight excluding hydrogens is 296 g/mol. The number of carbonyl (C=O) groups excluding carboxylic acids is 1. The highest BCUT2D eigenvalue weighted by Gasteiger charge is 2.34. The summed E-state index contributed by atoms with van der Waals surface area (Å²) >= 11 is 6.05. The molecule has 122 valence electrons. The van der Waals surface area contributed by atoms with Crippen molar-refractivity contribution in [1.82, 2.24) is 10.2 Å². The number of halogens is 1. The minimum Gasteiger partial charge on any atom is -0.342 e. The Labute approximate surface area is 139 Å². The van der Waals surface area contributed by atoms with Crippen LogP contribution in [0.15, 0.2) is 24.3 Å². The van der Waals surface area contributed by atoms with Gasteiger partial charge in [0.1, 0.15) is 0 Å². The number of amides is 1. The fraction of sp³-hybridized carbons (Fsp3) is 0.611. The number of likely N-dealkylation sites (tertiary alicyclic amines) is 1. The summed E-state index contributed by atoms with van der Waals surface area (Å²) in [6, 6.07) is 7.81. The number of nitrogens with one attached hydrogen (secondary N) is 1. The van der Waals surface area contributed by atoms with Gasteiger partial charge in [-0.15, -0.1) is 0 Å². The summed E-state index contributed by atoms with van der Waals surface area (Å²) in [6.45, 7) is 6.82. The van der Waals surface area contributed by atoms with Gasteiger partial charge in [0, 0.05) is 23.5 Å². The van der Waals surface area contributed by atoms with Crippen molar-refractivity contribution in [3.63, 3.8) is 0 Å². The highest BCUT2D eigenvalue weighted by molar-refractivity contribution is 6.30. The zero-order valence-corrected chi connectivity index (χ0v) is 14.6. The van der Waals surface area contributed by atoms with E-state index in [1.165, 1.54) is 6.42 Å². The summed E-state index contributed by atoms with van der Waals surface area (Å²) in [5.74, 6) is 0.831. The lowest BCUT2D eigenvalue weighted by atomic mass is 9.83. The Morgan fingerprint density at radius 1 is 1.45 bits per heavy atom. The Kier molecular flexibility index (Phi) is 5.87. The molecule has 1 fully saturated rings. The molecule has 1 N–H and O–H groups in total. The molecule has 1 unspecified atom stereocenters. The molecule has 1 aromatic carbocycles. The highest BCUT2D eigenvalue weighted by Crippen LogP contribution is 2.28. The van der Waals surface area contributed by atoms with Gasteiger partial charge in [-0.05, 0) is 56.5 Å². The maximum Gasteiger partial charge on any atom is 0.228 e. The topological polar surface area (TPSA) is 32.3 Å². The molecule has 1 heterocycles. The van der Waals surface area contributed by atoms with Crippen molar-refractivity contribution >= 4 is 17.5 Å². The zero-order chi connectivity index (χ0) is 16.2. The predicted molar refractivity (Wildman–Crippen MR) is 92.2 cm³/mol. The molecule has 2 rings (SSSR count). The van der Waals surface area contributed by atoms with Gasteiger partial charge in [-0.3, -0.25) is 4.79 Å². The van der Waals surface area contributed by atoms with Crippen LogP contribution in [0.1, 0.15) is 32.3 Å². The van der Waals surface area contributed by atoms with Crippen LogP contribution in [0.5, 0.6) is 0 Å². The van der Waals surface area contributed by atoms with Crippen molar-refractivity contribution < 1.29 is 4.79 Å². The van der Waals surface area contributed by atoms with Crippen molar-refractivity contribution in [2.24, 2.45) is 11.3 Å². The van der Waals surface area contributed by atoms with Crippen molar-refractivity contribution in [2.75, 3.05) is 26.7 Å². The molecule has 0 radical (unpaired) electrons. The molecule has 0 aliphatic carbocycles. The van der Waals surface area contributed by atoms with Crippen LogP contribution in [0, 0.1) is 11.3 Å². The van der Waals surface area contributed by atoms with E-state index in [9.17, 15) is 4.79 Å². The number of hydrogen-bond donors (Lipinski definition) is 1. The average molecular weight is 323 g/mol. The van der Waals surface area contributed by atoms with Crippen molar-refractivity contribution in [3.05, 3.63) is 34.9 Å². The van der Waals surface area contributed by atoms with E-state index >= 15 is 0 Å². The second-order valence-electron chi connectivity index (χ2n) is 7.01. The molecule has 1 aromatic rings. The number of nitrogens with zero attached hydrogens (tertiary/aromatic N) is 1. The van der Waals surface area contributed by atoms with Gasteiger partial charge in [-0.1, -0.05) is 37.6 Å². The van der Waals surface area contributed by atoms with Gasteiger partial charge in [-0.25, -0.2) is 0 Å². The summed E-state index contributed by atoms with van der Waals surface area (Å²) in [5, 5.41) is 3.96. The number of hydrogen-bond acceptors (Lipinski definition) is 2. The van der Waals surface area contributed by atoms with Crippen LogP contribution in [0.25, 0.3) is 0 Å². The second kappa shape index (κ2) is 7.47. The summed E-state index contributed by atoms with van der Waals surface area (Å²) in [6.07, 6.45) is 3.03. The molecule has 1 aliphatic heterocycles. The van der Waals surface area contributed by atoms with E-state index in [4.69, 9.17) is 11.6 Å². The van der Waals surface area contributed by atoms with Gasteiger partial charge >= 0.3 is 0 Å². The molecule has 1 atom stereocenters. The van der Waals surface area contributed by atoms with E-state index in [0.29, 0.717) is 5.92 Å². The lowest BCUT2D eigenvalue weighted by molar-refractivity contribution is -0.142. The Morgan fingerprint density at radius 2 is 2.23 bits per heavy atom. The van der Waals surface area contributed by atoms with Gasteiger partial charge in [0.2, 0.25) is 5.91 Å². The standard InChI is InChI=1S/C18H27ClN2O/c1-18(2,11-14-6-4-8-16(19)10-14)17(22)21-9-5-7-15(13-21)12-20-3/h4,6,8,10,15,20H,5,7,9,11-13H2,1-3H3. The fourth-order valence-electron chi connectivity index (χ4n) is 3.37. The van der Waals surface area contributed by atoms with Crippen LogP contribution < -0.4 is 5.32 Å². The summed E-state index contributed by atoms with van der Waals surface area (Å²) in [4.78, 5) is 15.0. The van der Waals surface area contributed by atoms with E-state index in [1.54, 1.807) is 0 Å². The number of benzene rings is 1. The van der Waals surface area contributed by atoms with Gasteiger partial charge in [0.05, 0.1) is 0 Å². The molecular formula is C18H27ClN2O. The molecule has 4 heteroatoms. The molecule has 0 saturated carbocycles. The lowest BCUT2D eigenvalue weighted by Crippen LogP contribution is -2.48. The van der Waals surface area contributed by atoms with Gasteiger partial charge in [-0.2, -0.15) is 0 Å². The molecule has 0 bridgehead atoms. The quantitative estimate of drug-likeness (QED) is 0.901. The van der Waals surface area contributed by atoms with Gasteiger partial charge < -0.3 is 10.2 Å². The van der Waals surface area contributed by atoms with E-state index in [0.717, 1.165) is 43.1 Å². The Morgan fingerprint density at radius 3 is 2.91 bits per heavy atom. The zero-order valence-electron chi connectivity index (χ0n) is 13.9.